The molecule has 0 unspecified atom stereocenters. The highest BCUT2D eigenvalue weighted by molar-refractivity contribution is 6.31. The number of piperazine rings is 1. The molecule has 0 saturated carbocycles. The van der Waals surface area contributed by atoms with Gasteiger partial charge in [0.1, 0.15) is 5.75 Å². The van der Waals surface area contributed by atoms with Crippen LogP contribution in [0.2, 0.25) is 5.02 Å². The van der Waals surface area contributed by atoms with Crippen LogP contribution in [0.15, 0.2) is 48.5 Å². The monoisotopic (exact) mass is 399 g/mol. The Bertz CT molecular complexity index is 879. The first kappa shape index (κ1) is 18.8. The van der Waals surface area contributed by atoms with Crippen LogP contribution in [0, 0.1) is 0 Å². The largest absolute Gasteiger partial charge is 0.497 e. The number of anilines is 2. The molecule has 2 aromatic carbocycles. The Morgan fingerprint density at radius 2 is 1.68 bits per heavy atom. The minimum atomic E-state index is -0.399. The molecule has 0 aliphatic carbocycles. The van der Waals surface area contributed by atoms with Gasteiger partial charge >= 0.3 is 0 Å². The molecule has 2 aliphatic rings. The van der Waals surface area contributed by atoms with Gasteiger partial charge in [-0.2, -0.15) is 0 Å². The minimum Gasteiger partial charge on any atom is -0.497 e. The van der Waals surface area contributed by atoms with E-state index in [0.29, 0.717) is 10.7 Å². The fraction of sp³-hybridized carbons (Fsp3) is 0.333. The van der Waals surface area contributed by atoms with Crippen LogP contribution in [0.4, 0.5) is 11.4 Å². The third-order valence-corrected chi connectivity index (χ3v) is 5.62. The molecule has 6 nitrogen and oxygen atoms in total. The summed E-state index contributed by atoms with van der Waals surface area (Å²) in [5.41, 5.74) is 1.68. The first-order chi connectivity index (χ1) is 13.6. The van der Waals surface area contributed by atoms with Gasteiger partial charge in [0, 0.05) is 36.9 Å². The molecule has 2 aromatic rings. The number of nitrogens with zero attached hydrogens (tertiary/aromatic N) is 3. The maximum atomic E-state index is 12.9. The van der Waals surface area contributed by atoms with E-state index in [9.17, 15) is 9.59 Å². The van der Waals surface area contributed by atoms with Crippen LogP contribution in [0.1, 0.15) is 6.42 Å². The average Bonchev–Trinajstić information content (AvgIpc) is 3.02. The van der Waals surface area contributed by atoms with Crippen LogP contribution in [0.25, 0.3) is 0 Å². The van der Waals surface area contributed by atoms with Crippen LogP contribution in [-0.2, 0) is 9.59 Å². The van der Waals surface area contributed by atoms with Crippen molar-refractivity contribution in [2.24, 2.45) is 0 Å². The molecule has 0 spiro atoms. The van der Waals surface area contributed by atoms with Gasteiger partial charge in [0.15, 0.2) is 0 Å². The lowest BCUT2D eigenvalue weighted by Crippen LogP contribution is -2.52. The molecule has 2 heterocycles. The Hall–Kier alpha value is -2.57. The van der Waals surface area contributed by atoms with Gasteiger partial charge in [0.05, 0.1) is 25.3 Å². The van der Waals surface area contributed by atoms with Crippen LogP contribution in [-0.4, -0.2) is 56.0 Å². The molecule has 7 heteroatoms. The number of benzene rings is 2. The molecule has 2 fully saturated rings. The van der Waals surface area contributed by atoms with Crippen molar-refractivity contribution in [3.05, 3.63) is 53.6 Å². The van der Waals surface area contributed by atoms with E-state index < -0.39 is 6.04 Å². The summed E-state index contributed by atoms with van der Waals surface area (Å²) in [6, 6.07) is 14.5. The van der Waals surface area contributed by atoms with Gasteiger partial charge in [-0.3, -0.25) is 14.5 Å². The lowest BCUT2D eigenvalue weighted by molar-refractivity contribution is -0.123. The maximum absolute atomic E-state index is 12.9. The second-order valence-corrected chi connectivity index (χ2v) is 7.42. The lowest BCUT2D eigenvalue weighted by Gasteiger charge is -2.38. The predicted octanol–water partition coefficient (Wildman–Crippen LogP) is 2.80. The fourth-order valence-electron chi connectivity index (χ4n) is 3.87. The third kappa shape index (κ3) is 3.57. The molecule has 0 aromatic heterocycles. The summed E-state index contributed by atoms with van der Waals surface area (Å²) in [5, 5.41) is 0.509. The van der Waals surface area contributed by atoms with E-state index >= 15 is 0 Å². The zero-order valence-electron chi connectivity index (χ0n) is 15.7. The number of halogens is 1. The number of carbonyl (C=O) groups is 2. The van der Waals surface area contributed by atoms with Crippen LogP contribution >= 0.6 is 11.6 Å². The molecule has 0 N–H and O–H groups in total. The topological polar surface area (TPSA) is 53.1 Å². The summed E-state index contributed by atoms with van der Waals surface area (Å²) in [4.78, 5) is 31.1. The van der Waals surface area contributed by atoms with Crippen molar-refractivity contribution in [1.29, 1.82) is 0 Å². The average molecular weight is 400 g/mol. The molecule has 0 bridgehead atoms. The second kappa shape index (κ2) is 7.81. The molecule has 146 valence electrons. The summed E-state index contributed by atoms with van der Waals surface area (Å²) < 4.78 is 5.21. The van der Waals surface area contributed by atoms with Crippen molar-refractivity contribution in [1.82, 2.24) is 4.90 Å². The van der Waals surface area contributed by atoms with Gasteiger partial charge in [-0.25, -0.2) is 4.90 Å². The number of hydrogen-bond donors (Lipinski definition) is 0. The van der Waals surface area contributed by atoms with Crippen molar-refractivity contribution in [3.63, 3.8) is 0 Å². The summed E-state index contributed by atoms with van der Waals surface area (Å²) >= 11 is 6.02. The number of hydrogen-bond acceptors (Lipinski definition) is 5. The van der Waals surface area contributed by atoms with Gasteiger partial charge < -0.3 is 9.64 Å². The Morgan fingerprint density at radius 1 is 0.964 bits per heavy atom. The highest BCUT2D eigenvalue weighted by atomic mass is 35.5. The summed E-state index contributed by atoms with van der Waals surface area (Å²) in [6.07, 6.45) is 0.216. The Labute approximate surface area is 169 Å². The van der Waals surface area contributed by atoms with E-state index in [1.807, 2.05) is 24.3 Å². The standard InChI is InChI=1S/C21H22ClN3O3/c1-28-18-7-5-16(6-8-18)23-9-11-24(12-10-23)19-14-20(26)25(21(19)27)17-4-2-3-15(22)13-17/h2-8,13,19H,9-12,14H2,1H3/t19-/m0/s1. The smallest absolute Gasteiger partial charge is 0.251 e. The predicted molar refractivity (Wildman–Crippen MR) is 109 cm³/mol. The summed E-state index contributed by atoms with van der Waals surface area (Å²) in [7, 11) is 1.65. The van der Waals surface area contributed by atoms with Crippen LogP contribution in [0.3, 0.4) is 0 Å². The van der Waals surface area contributed by atoms with Gasteiger partial charge in [-0.15, -0.1) is 0 Å². The van der Waals surface area contributed by atoms with Gasteiger partial charge in [-0.1, -0.05) is 17.7 Å². The second-order valence-electron chi connectivity index (χ2n) is 6.99. The summed E-state index contributed by atoms with van der Waals surface area (Å²) in [6.45, 7) is 3.08. The van der Waals surface area contributed by atoms with Crippen molar-refractivity contribution in [2.45, 2.75) is 12.5 Å². The van der Waals surface area contributed by atoms with E-state index in [4.69, 9.17) is 16.3 Å². The van der Waals surface area contributed by atoms with E-state index in [1.54, 1.807) is 31.4 Å². The minimum absolute atomic E-state index is 0.162. The van der Waals surface area contributed by atoms with Gasteiger partial charge in [0.25, 0.3) is 5.91 Å². The molecule has 4 rings (SSSR count). The molecule has 1 atom stereocenters. The molecule has 2 amide bonds. The lowest BCUT2D eigenvalue weighted by atomic mass is 10.1. The summed E-state index contributed by atoms with van der Waals surface area (Å²) in [5.74, 6) is 0.499. The number of amides is 2. The molecular formula is C21H22ClN3O3. The highest BCUT2D eigenvalue weighted by Gasteiger charge is 2.43. The zero-order valence-corrected chi connectivity index (χ0v) is 16.4. The Kier molecular flexibility index (Phi) is 5.24. The van der Waals surface area contributed by atoms with Crippen LogP contribution < -0.4 is 14.5 Å². The zero-order chi connectivity index (χ0) is 19.7. The Morgan fingerprint density at radius 3 is 2.32 bits per heavy atom. The number of rotatable bonds is 4. The van der Waals surface area contributed by atoms with Crippen molar-refractivity contribution in [3.8, 4) is 5.75 Å². The molecule has 0 radical (unpaired) electrons. The molecule has 2 aliphatic heterocycles. The molecule has 28 heavy (non-hydrogen) atoms. The number of imide groups is 1. The molecule has 2 saturated heterocycles. The fourth-order valence-corrected chi connectivity index (χ4v) is 4.06. The highest BCUT2D eigenvalue weighted by Crippen LogP contribution is 2.29. The van der Waals surface area contributed by atoms with E-state index in [1.165, 1.54) is 4.90 Å². The number of carbonyl (C=O) groups excluding carboxylic acids is 2. The van der Waals surface area contributed by atoms with E-state index in [2.05, 4.69) is 9.80 Å². The van der Waals surface area contributed by atoms with Crippen molar-refractivity contribution < 1.29 is 14.3 Å². The van der Waals surface area contributed by atoms with E-state index in [-0.39, 0.29) is 18.2 Å². The Balaban J connectivity index is 1.42. The molecular weight excluding hydrogens is 378 g/mol. The quantitative estimate of drug-likeness (QED) is 0.740. The number of methoxy groups -OCH3 is 1. The maximum Gasteiger partial charge on any atom is 0.251 e. The van der Waals surface area contributed by atoms with Crippen molar-refractivity contribution >= 4 is 34.8 Å². The SMILES string of the molecule is COc1ccc(N2CCN([C@H]3CC(=O)N(c4cccc(Cl)c4)C3=O)CC2)cc1. The van der Waals surface area contributed by atoms with Crippen molar-refractivity contribution in [2.75, 3.05) is 43.1 Å². The van der Waals surface area contributed by atoms with E-state index in [0.717, 1.165) is 37.6 Å². The van der Waals surface area contributed by atoms with Crippen LogP contribution in [0.5, 0.6) is 5.75 Å². The third-order valence-electron chi connectivity index (χ3n) is 5.38. The first-order valence-electron chi connectivity index (χ1n) is 9.32. The number of ether oxygens (including phenoxy) is 1. The first-order valence-corrected chi connectivity index (χ1v) is 9.70. The van der Waals surface area contributed by atoms with Gasteiger partial charge in [-0.05, 0) is 42.5 Å². The normalized spacial score (nSPS) is 20.7. The van der Waals surface area contributed by atoms with Gasteiger partial charge in [0.2, 0.25) is 5.91 Å².